The van der Waals surface area contributed by atoms with Crippen LogP contribution in [0.2, 0.25) is 5.02 Å². The predicted octanol–water partition coefficient (Wildman–Crippen LogP) is 5.27. The van der Waals surface area contributed by atoms with Gasteiger partial charge in [0.15, 0.2) is 12.4 Å². The molecule has 2 aromatic rings. The first kappa shape index (κ1) is 22.5. The van der Waals surface area contributed by atoms with Crippen molar-refractivity contribution in [2.45, 2.75) is 44.4 Å². The van der Waals surface area contributed by atoms with Gasteiger partial charge in [-0.25, -0.2) is 0 Å². The average molecular weight is 477 g/mol. The maximum atomic E-state index is 13.0. The number of anilines is 1. The predicted molar refractivity (Wildman–Crippen MR) is 130 cm³/mol. The summed E-state index contributed by atoms with van der Waals surface area (Å²) in [7, 11) is 0. The van der Waals surface area contributed by atoms with E-state index in [1.807, 2.05) is 24.3 Å². The van der Waals surface area contributed by atoms with E-state index in [1.165, 1.54) is 0 Å². The van der Waals surface area contributed by atoms with Crippen LogP contribution in [-0.2, 0) is 14.4 Å². The van der Waals surface area contributed by atoms with E-state index in [9.17, 15) is 14.4 Å². The quantitative estimate of drug-likeness (QED) is 0.636. The van der Waals surface area contributed by atoms with Gasteiger partial charge in [-0.1, -0.05) is 35.9 Å². The molecular weight excluding hydrogens is 452 g/mol. The zero-order chi connectivity index (χ0) is 23.7. The maximum Gasteiger partial charge on any atom is 0.262 e. The van der Waals surface area contributed by atoms with Crippen LogP contribution in [0.25, 0.3) is 0 Å². The van der Waals surface area contributed by atoms with E-state index in [1.54, 1.807) is 24.3 Å². The molecule has 7 heteroatoms. The van der Waals surface area contributed by atoms with Crippen molar-refractivity contribution >= 4 is 40.5 Å². The molecule has 0 aromatic heterocycles. The first-order valence-corrected chi connectivity index (χ1v) is 12.0. The molecule has 6 nitrogen and oxygen atoms in total. The summed E-state index contributed by atoms with van der Waals surface area (Å²) in [6, 6.07) is 14.4. The van der Waals surface area contributed by atoms with Gasteiger partial charge in [-0.05, 0) is 55.5 Å². The lowest BCUT2D eigenvalue weighted by Crippen LogP contribution is -2.39. The lowest BCUT2D eigenvalue weighted by atomic mass is 9.67. The molecule has 1 N–H and O–H groups in total. The number of carbonyl (C=O) groups is 3. The standard InChI is InChI=1S/C27H25ClN2O4/c28-18-14-16(12-13-23(18)34-15-24(33)29-17-6-2-1-3-7-17)25-26-19(8-4-10-21(26)31)30-20-9-5-11-22(32)27(20)25/h1-3,6-7,12-14,25-26H,4-5,8-11,15H2,(H,29,33). The zero-order valence-electron chi connectivity index (χ0n) is 18.7. The third-order valence-corrected chi connectivity index (χ3v) is 6.94. The van der Waals surface area contributed by atoms with E-state index in [-0.39, 0.29) is 30.0 Å². The summed E-state index contributed by atoms with van der Waals surface area (Å²) in [4.78, 5) is 42.9. The number of hydrogen-bond donors (Lipinski definition) is 1. The van der Waals surface area contributed by atoms with E-state index in [0.717, 1.165) is 42.7 Å². The number of aliphatic imine (C=N–C) groups is 1. The third-order valence-electron chi connectivity index (χ3n) is 6.64. The Kier molecular flexibility index (Phi) is 6.33. The van der Waals surface area contributed by atoms with Crippen molar-refractivity contribution in [3.05, 3.63) is 70.4 Å². The summed E-state index contributed by atoms with van der Waals surface area (Å²) in [5, 5.41) is 3.10. The summed E-state index contributed by atoms with van der Waals surface area (Å²) in [5.74, 6) is -0.493. The van der Waals surface area contributed by atoms with Gasteiger partial charge >= 0.3 is 0 Å². The van der Waals surface area contributed by atoms with Gasteiger partial charge in [0.25, 0.3) is 5.91 Å². The van der Waals surface area contributed by atoms with E-state index >= 15 is 0 Å². The molecule has 1 aliphatic heterocycles. The summed E-state index contributed by atoms with van der Waals surface area (Å²) < 4.78 is 5.66. The second kappa shape index (κ2) is 9.55. The number of ketones is 2. The van der Waals surface area contributed by atoms with Crippen molar-refractivity contribution < 1.29 is 19.1 Å². The largest absolute Gasteiger partial charge is 0.482 e. The minimum atomic E-state index is -0.408. The van der Waals surface area contributed by atoms with E-state index in [2.05, 4.69) is 5.32 Å². The fourth-order valence-electron chi connectivity index (χ4n) is 5.15. The summed E-state index contributed by atoms with van der Waals surface area (Å²) >= 11 is 6.54. The smallest absolute Gasteiger partial charge is 0.262 e. The van der Waals surface area contributed by atoms with Gasteiger partial charge in [-0.15, -0.1) is 0 Å². The number of halogens is 1. The van der Waals surface area contributed by atoms with Crippen LogP contribution in [0.15, 0.2) is 64.8 Å². The number of amides is 1. The molecule has 0 saturated heterocycles. The van der Waals surface area contributed by atoms with Gasteiger partial charge in [-0.3, -0.25) is 19.4 Å². The van der Waals surface area contributed by atoms with Crippen LogP contribution in [-0.4, -0.2) is 29.8 Å². The second-order valence-corrected chi connectivity index (χ2v) is 9.32. The Morgan fingerprint density at radius 1 is 1.00 bits per heavy atom. The van der Waals surface area contributed by atoms with E-state index in [0.29, 0.717) is 34.9 Å². The Bertz CT molecular complexity index is 1220. The van der Waals surface area contributed by atoms with Crippen molar-refractivity contribution in [1.29, 1.82) is 0 Å². The molecule has 2 aliphatic carbocycles. The minimum Gasteiger partial charge on any atom is -0.482 e. The van der Waals surface area contributed by atoms with Crippen LogP contribution in [0.3, 0.4) is 0 Å². The van der Waals surface area contributed by atoms with E-state index < -0.39 is 5.92 Å². The SMILES string of the molecule is O=C(COc1ccc(C2C3=C(CCCC3=O)N=C3CCCC(=O)C32)cc1Cl)Nc1ccccc1. The van der Waals surface area contributed by atoms with Crippen molar-refractivity contribution in [3.8, 4) is 5.75 Å². The molecule has 0 spiro atoms. The Morgan fingerprint density at radius 2 is 1.79 bits per heavy atom. The van der Waals surface area contributed by atoms with Crippen LogP contribution in [0.5, 0.6) is 5.75 Å². The zero-order valence-corrected chi connectivity index (χ0v) is 19.4. The Labute approximate surface area is 203 Å². The number of para-hydroxylation sites is 1. The number of hydrogen-bond acceptors (Lipinski definition) is 5. The molecule has 0 bridgehead atoms. The highest BCUT2D eigenvalue weighted by atomic mass is 35.5. The Balaban J connectivity index is 1.38. The third kappa shape index (κ3) is 4.42. The lowest BCUT2D eigenvalue weighted by molar-refractivity contribution is -0.122. The number of nitrogens with one attached hydrogen (secondary N) is 1. The fraction of sp³-hybridized carbons (Fsp3) is 0.333. The highest BCUT2D eigenvalue weighted by Crippen LogP contribution is 2.46. The highest BCUT2D eigenvalue weighted by Gasteiger charge is 2.44. The van der Waals surface area contributed by atoms with Gasteiger partial charge in [-0.2, -0.15) is 0 Å². The number of nitrogens with zero attached hydrogens (tertiary/aromatic N) is 1. The molecule has 5 rings (SSSR count). The number of Topliss-reactive ketones (excluding diaryl/α,β-unsaturated/α-hetero) is 2. The van der Waals surface area contributed by atoms with Crippen LogP contribution >= 0.6 is 11.6 Å². The molecule has 2 aromatic carbocycles. The first-order chi connectivity index (χ1) is 16.5. The summed E-state index contributed by atoms with van der Waals surface area (Å²) in [6.07, 6.45) is 4.11. The molecule has 2 unspecified atom stereocenters. The normalized spacial score (nSPS) is 22.0. The number of carbonyl (C=O) groups excluding carboxylic acids is 3. The molecule has 0 radical (unpaired) electrons. The molecule has 1 fully saturated rings. The monoisotopic (exact) mass is 476 g/mol. The number of rotatable bonds is 5. The van der Waals surface area contributed by atoms with Gasteiger partial charge in [0.2, 0.25) is 0 Å². The molecule has 1 heterocycles. The molecule has 2 atom stereocenters. The molecule has 1 amide bonds. The van der Waals surface area contributed by atoms with Crippen molar-refractivity contribution in [3.63, 3.8) is 0 Å². The number of fused-ring (bicyclic) bond motifs is 1. The lowest BCUT2D eigenvalue weighted by Gasteiger charge is -2.38. The summed E-state index contributed by atoms with van der Waals surface area (Å²) in [5.41, 5.74) is 3.88. The van der Waals surface area contributed by atoms with Crippen LogP contribution in [0, 0.1) is 5.92 Å². The molecule has 1 saturated carbocycles. The highest BCUT2D eigenvalue weighted by molar-refractivity contribution is 6.32. The topological polar surface area (TPSA) is 84.8 Å². The van der Waals surface area contributed by atoms with E-state index in [4.69, 9.17) is 21.3 Å². The number of ether oxygens (including phenoxy) is 1. The molecule has 3 aliphatic rings. The van der Waals surface area contributed by atoms with Crippen LogP contribution in [0.4, 0.5) is 5.69 Å². The van der Waals surface area contributed by atoms with Crippen LogP contribution < -0.4 is 10.1 Å². The average Bonchev–Trinajstić information content (AvgIpc) is 2.83. The molecule has 174 valence electrons. The van der Waals surface area contributed by atoms with Gasteiger partial charge in [0.1, 0.15) is 11.5 Å². The number of allylic oxidation sites excluding steroid dienone is 2. The fourth-order valence-corrected chi connectivity index (χ4v) is 5.39. The summed E-state index contributed by atoms with van der Waals surface area (Å²) in [6.45, 7) is -0.191. The van der Waals surface area contributed by atoms with Crippen molar-refractivity contribution in [2.75, 3.05) is 11.9 Å². The molecule has 34 heavy (non-hydrogen) atoms. The van der Waals surface area contributed by atoms with Crippen LogP contribution in [0.1, 0.15) is 50.0 Å². The Morgan fingerprint density at radius 3 is 2.59 bits per heavy atom. The van der Waals surface area contributed by atoms with Gasteiger partial charge < -0.3 is 10.1 Å². The van der Waals surface area contributed by atoms with Gasteiger partial charge in [0, 0.05) is 41.4 Å². The second-order valence-electron chi connectivity index (χ2n) is 8.91. The Hall–Kier alpha value is -3.25. The van der Waals surface area contributed by atoms with Crippen molar-refractivity contribution in [2.24, 2.45) is 10.9 Å². The minimum absolute atomic E-state index is 0.0708. The molecular formula is C27H25ClN2O4. The first-order valence-electron chi connectivity index (χ1n) is 11.6. The number of benzene rings is 2. The van der Waals surface area contributed by atoms with Crippen molar-refractivity contribution in [1.82, 2.24) is 0 Å². The maximum absolute atomic E-state index is 13.0. The van der Waals surface area contributed by atoms with Gasteiger partial charge in [0.05, 0.1) is 10.9 Å².